The fourth-order valence-electron chi connectivity index (χ4n) is 2.88. The molecular weight excluding hydrogens is 378 g/mol. The van der Waals surface area contributed by atoms with E-state index < -0.39 is 5.97 Å². The van der Waals surface area contributed by atoms with Crippen molar-refractivity contribution in [3.8, 4) is 11.1 Å². The Balaban J connectivity index is 1.95. The minimum Gasteiger partial charge on any atom is -0.462 e. The number of aromatic nitrogens is 4. The van der Waals surface area contributed by atoms with Crippen molar-refractivity contribution in [3.05, 3.63) is 46.1 Å². The second-order valence-corrected chi connectivity index (χ2v) is 7.22. The Morgan fingerprint density at radius 1 is 1.25 bits per heavy atom. The molecule has 1 N–H and O–H groups in total. The van der Waals surface area contributed by atoms with Crippen LogP contribution in [0.3, 0.4) is 0 Å². The molecule has 2 aromatic heterocycles. The smallest absolute Gasteiger partial charge is 0.341 e. The fraction of sp³-hybridized carbons (Fsp3) is 0.316. The first-order valence-corrected chi connectivity index (χ1v) is 9.66. The zero-order valence-corrected chi connectivity index (χ0v) is 17.0. The van der Waals surface area contributed by atoms with Crippen LogP contribution in [0.5, 0.6) is 0 Å². The Labute approximate surface area is 166 Å². The number of aryl methyl sites for hydroxylation is 3. The minimum absolute atomic E-state index is 0.00254. The molecule has 2 heterocycles. The predicted molar refractivity (Wildman–Crippen MR) is 106 cm³/mol. The summed E-state index contributed by atoms with van der Waals surface area (Å²) in [5.41, 5.74) is 4.23. The maximum absolute atomic E-state index is 12.6. The van der Waals surface area contributed by atoms with Crippen LogP contribution in [0.25, 0.3) is 11.1 Å². The molecule has 0 aliphatic carbocycles. The van der Waals surface area contributed by atoms with Crippen molar-refractivity contribution >= 4 is 28.2 Å². The molecule has 0 aliphatic rings. The van der Waals surface area contributed by atoms with Crippen molar-refractivity contribution in [1.82, 2.24) is 20.2 Å². The Hall–Kier alpha value is -3.07. The number of nitrogens with zero attached hydrogens (tertiary/aromatic N) is 4. The summed E-state index contributed by atoms with van der Waals surface area (Å²) in [6.07, 6.45) is 0.00254. The number of hydrogen-bond acceptors (Lipinski definition) is 7. The van der Waals surface area contributed by atoms with Crippen LogP contribution in [0, 0.1) is 13.8 Å². The molecule has 0 bridgehead atoms. The van der Waals surface area contributed by atoms with Gasteiger partial charge in [-0.05, 0) is 42.3 Å². The first-order valence-electron chi connectivity index (χ1n) is 8.78. The molecule has 1 amide bonds. The number of anilines is 1. The molecular formula is C19H21N5O3S. The quantitative estimate of drug-likeness (QED) is 0.640. The van der Waals surface area contributed by atoms with Crippen molar-refractivity contribution < 1.29 is 14.3 Å². The summed E-state index contributed by atoms with van der Waals surface area (Å²) < 4.78 is 6.67. The van der Waals surface area contributed by atoms with E-state index in [1.54, 1.807) is 14.0 Å². The molecule has 28 heavy (non-hydrogen) atoms. The Bertz CT molecular complexity index is 1020. The van der Waals surface area contributed by atoms with Crippen LogP contribution in [-0.2, 0) is 23.0 Å². The average Bonchev–Trinajstić information content (AvgIpc) is 3.22. The van der Waals surface area contributed by atoms with Gasteiger partial charge in [-0.2, -0.15) is 0 Å². The molecule has 9 heteroatoms. The first kappa shape index (κ1) is 19.7. The number of hydrogen-bond donors (Lipinski definition) is 1. The largest absolute Gasteiger partial charge is 0.462 e. The van der Waals surface area contributed by atoms with Crippen LogP contribution in [0.15, 0.2) is 23.6 Å². The van der Waals surface area contributed by atoms with Gasteiger partial charge in [-0.3, -0.25) is 4.79 Å². The second kappa shape index (κ2) is 8.30. The number of carbonyl (C=O) groups is 2. The predicted octanol–water partition coefficient (Wildman–Crippen LogP) is 2.91. The third-order valence-corrected chi connectivity index (χ3v) is 5.12. The molecule has 3 rings (SSSR count). The van der Waals surface area contributed by atoms with Crippen molar-refractivity contribution in [1.29, 1.82) is 0 Å². The monoisotopic (exact) mass is 399 g/mol. The first-order chi connectivity index (χ1) is 13.4. The summed E-state index contributed by atoms with van der Waals surface area (Å²) in [7, 11) is 1.66. The van der Waals surface area contributed by atoms with E-state index in [1.807, 2.05) is 31.4 Å². The van der Waals surface area contributed by atoms with E-state index in [0.29, 0.717) is 16.4 Å². The number of carbonyl (C=O) groups excluding carboxylic acids is 2. The molecule has 0 fully saturated rings. The van der Waals surface area contributed by atoms with E-state index in [-0.39, 0.29) is 18.9 Å². The second-order valence-electron chi connectivity index (χ2n) is 6.34. The van der Waals surface area contributed by atoms with Crippen molar-refractivity contribution in [2.24, 2.45) is 7.05 Å². The van der Waals surface area contributed by atoms with Gasteiger partial charge in [0.1, 0.15) is 10.6 Å². The van der Waals surface area contributed by atoms with E-state index >= 15 is 0 Å². The normalized spacial score (nSPS) is 10.7. The van der Waals surface area contributed by atoms with E-state index in [9.17, 15) is 9.59 Å². The van der Waals surface area contributed by atoms with Gasteiger partial charge in [-0.25, -0.2) is 9.48 Å². The van der Waals surface area contributed by atoms with Crippen LogP contribution in [0.1, 0.15) is 34.2 Å². The number of rotatable bonds is 6. The summed E-state index contributed by atoms with van der Waals surface area (Å²) >= 11 is 1.29. The molecule has 146 valence electrons. The summed E-state index contributed by atoms with van der Waals surface area (Å²) in [5.74, 6) is -0.340. The van der Waals surface area contributed by atoms with Crippen molar-refractivity contribution in [2.45, 2.75) is 27.2 Å². The highest BCUT2D eigenvalue weighted by Crippen LogP contribution is 2.37. The number of tetrazole rings is 1. The van der Waals surface area contributed by atoms with Gasteiger partial charge in [-0.1, -0.05) is 23.8 Å². The minimum atomic E-state index is -0.464. The topological polar surface area (TPSA) is 99.0 Å². The standard InChI is InChI=1S/C19H21N5O3S/c1-5-27-19(26)17-14(13-7-6-11(2)8-12(13)3)10-28-18(17)20-16(25)9-15-21-22-23-24(15)4/h6-8,10H,5,9H2,1-4H3,(H,20,25). The molecule has 0 spiro atoms. The van der Waals surface area contributed by atoms with E-state index in [4.69, 9.17) is 4.74 Å². The maximum atomic E-state index is 12.6. The number of benzene rings is 1. The SMILES string of the molecule is CCOC(=O)c1c(-c2ccc(C)cc2C)csc1NC(=O)Cc1nnnn1C. The lowest BCUT2D eigenvalue weighted by Gasteiger charge is -2.10. The van der Waals surface area contributed by atoms with Crippen LogP contribution >= 0.6 is 11.3 Å². The highest BCUT2D eigenvalue weighted by atomic mass is 32.1. The molecule has 0 radical (unpaired) electrons. The summed E-state index contributed by atoms with van der Waals surface area (Å²) in [5, 5.41) is 16.2. The summed E-state index contributed by atoms with van der Waals surface area (Å²) in [4.78, 5) is 25.1. The van der Waals surface area contributed by atoms with Gasteiger partial charge in [0.25, 0.3) is 0 Å². The Morgan fingerprint density at radius 3 is 2.68 bits per heavy atom. The van der Waals surface area contributed by atoms with Crippen LogP contribution in [-0.4, -0.2) is 38.7 Å². The number of ether oxygens (including phenoxy) is 1. The third-order valence-electron chi connectivity index (χ3n) is 4.22. The van der Waals surface area contributed by atoms with E-state index in [2.05, 4.69) is 26.9 Å². The van der Waals surface area contributed by atoms with Gasteiger partial charge in [0.2, 0.25) is 5.91 Å². The highest BCUT2D eigenvalue weighted by molar-refractivity contribution is 7.15. The number of nitrogens with one attached hydrogen (secondary N) is 1. The number of thiophene rings is 1. The summed E-state index contributed by atoms with van der Waals surface area (Å²) in [6.45, 7) is 6.01. The average molecular weight is 399 g/mol. The summed E-state index contributed by atoms with van der Waals surface area (Å²) in [6, 6.07) is 6.03. The van der Waals surface area contributed by atoms with E-state index in [1.165, 1.54) is 16.0 Å². The van der Waals surface area contributed by atoms with Gasteiger partial charge in [0.05, 0.1) is 13.0 Å². The third kappa shape index (κ3) is 4.09. The van der Waals surface area contributed by atoms with Crippen LogP contribution < -0.4 is 5.32 Å². The number of amides is 1. The lowest BCUT2D eigenvalue weighted by atomic mass is 9.97. The maximum Gasteiger partial charge on any atom is 0.341 e. The molecule has 0 unspecified atom stereocenters. The molecule has 0 atom stereocenters. The Kier molecular flexibility index (Phi) is 5.84. The van der Waals surface area contributed by atoms with Gasteiger partial charge < -0.3 is 10.1 Å². The van der Waals surface area contributed by atoms with Gasteiger partial charge in [0, 0.05) is 18.0 Å². The number of esters is 1. The molecule has 1 aromatic carbocycles. The molecule has 3 aromatic rings. The van der Waals surface area contributed by atoms with Gasteiger partial charge in [-0.15, -0.1) is 16.4 Å². The fourth-order valence-corrected chi connectivity index (χ4v) is 3.85. The van der Waals surface area contributed by atoms with Crippen LogP contribution in [0.2, 0.25) is 0 Å². The zero-order chi connectivity index (χ0) is 20.3. The van der Waals surface area contributed by atoms with Crippen molar-refractivity contribution in [3.63, 3.8) is 0 Å². The molecule has 0 saturated carbocycles. The molecule has 8 nitrogen and oxygen atoms in total. The zero-order valence-electron chi connectivity index (χ0n) is 16.1. The van der Waals surface area contributed by atoms with Gasteiger partial charge in [0.15, 0.2) is 5.82 Å². The van der Waals surface area contributed by atoms with E-state index in [0.717, 1.165) is 22.3 Å². The Morgan fingerprint density at radius 2 is 2.04 bits per heavy atom. The van der Waals surface area contributed by atoms with Crippen molar-refractivity contribution in [2.75, 3.05) is 11.9 Å². The lowest BCUT2D eigenvalue weighted by Crippen LogP contribution is -2.18. The van der Waals surface area contributed by atoms with Crippen LogP contribution in [0.4, 0.5) is 5.00 Å². The highest BCUT2D eigenvalue weighted by Gasteiger charge is 2.24. The van der Waals surface area contributed by atoms with Gasteiger partial charge >= 0.3 is 5.97 Å². The molecule has 0 saturated heterocycles. The lowest BCUT2D eigenvalue weighted by molar-refractivity contribution is -0.115. The molecule has 0 aliphatic heterocycles.